The molecule has 0 aromatic heterocycles. The molecule has 0 amide bonds. The van der Waals surface area contributed by atoms with Gasteiger partial charge in [0.2, 0.25) is 0 Å². The highest BCUT2D eigenvalue weighted by atomic mass is 79.9. The first kappa shape index (κ1) is 11.7. The first-order chi connectivity index (χ1) is 6.67. The van der Waals surface area contributed by atoms with Crippen LogP contribution in [0.3, 0.4) is 0 Å². The van der Waals surface area contributed by atoms with Crippen LogP contribution in [0.5, 0.6) is 0 Å². The Balaban J connectivity index is 2.80. The smallest absolute Gasteiger partial charge is 0.123 e. The Labute approximate surface area is 97.6 Å². The molecule has 0 N–H and O–H groups in total. The maximum atomic E-state index is 10.7. The van der Waals surface area contributed by atoms with Crippen molar-refractivity contribution < 1.29 is 4.79 Å². The third-order valence-electron chi connectivity index (χ3n) is 2.21. The summed E-state index contributed by atoms with van der Waals surface area (Å²) < 4.78 is 0.977. The molecule has 76 valence electrons. The summed E-state index contributed by atoms with van der Waals surface area (Å²) in [5, 5.41) is 0.708. The highest BCUT2D eigenvalue weighted by Crippen LogP contribution is 2.24. The molecule has 0 bridgehead atoms. The molecule has 0 aliphatic rings. The van der Waals surface area contributed by atoms with E-state index in [9.17, 15) is 4.79 Å². The van der Waals surface area contributed by atoms with Crippen molar-refractivity contribution in [1.29, 1.82) is 0 Å². The molecule has 14 heavy (non-hydrogen) atoms. The molecular formula is C11H12BrClO. The lowest BCUT2D eigenvalue weighted by Crippen LogP contribution is -2.04. The first-order valence-corrected chi connectivity index (χ1v) is 5.73. The van der Waals surface area contributed by atoms with Crippen LogP contribution >= 0.6 is 27.5 Å². The van der Waals surface area contributed by atoms with E-state index in [1.807, 2.05) is 25.1 Å². The monoisotopic (exact) mass is 274 g/mol. The first-order valence-electron chi connectivity index (χ1n) is 4.56. The lowest BCUT2D eigenvalue weighted by atomic mass is 9.98. The van der Waals surface area contributed by atoms with Crippen molar-refractivity contribution in [2.75, 3.05) is 0 Å². The summed E-state index contributed by atoms with van der Waals surface area (Å²) in [6, 6.07) is 5.66. The second-order valence-electron chi connectivity index (χ2n) is 3.24. The van der Waals surface area contributed by atoms with Crippen LogP contribution in [-0.4, -0.2) is 6.29 Å². The SMILES string of the molecule is CCC(C=O)Cc1ccc(Cl)cc1Br. The third-order valence-corrected chi connectivity index (χ3v) is 3.19. The number of aldehydes is 1. The van der Waals surface area contributed by atoms with E-state index in [4.69, 9.17) is 11.6 Å². The number of benzene rings is 1. The molecule has 0 aliphatic heterocycles. The van der Waals surface area contributed by atoms with Gasteiger partial charge in [-0.25, -0.2) is 0 Å². The fourth-order valence-corrected chi connectivity index (χ4v) is 2.10. The highest BCUT2D eigenvalue weighted by molar-refractivity contribution is 9.10. The van der Waals surface area contributed by atoms with Crippen LogP contribution in [0.25, 0.3) is 0 Å². The van der Waals surface area contributed by atoms with Crippen molar-refractivity contribution in [1.82, 2.24) is 0 Å². The molecule has 1 atom stereocenters. The van der Waals surface area contributed by atoms with E-state index in [1.54, 1.807) is 0 Å². The summed E-state index contributed by atoms with van der Waals surface area (Å²) in [4.78, 5) is 10.7. The quantitative estimate of drug-likeness (QED) is 0.762. The average Bonchev–Trinajstić information content (AvgIpc) is 2.17. The van der Waals surface area contributed by atoms with Gasteiger partial charge in [-0.3, -0.25) is 0 Å². The fourth-order valence-electron chi connectivity index (χ4n) is 1.26. The van der Waals surface area contributed by atoms with Gasteiger partial charge < -0.3 is 4.79 Å². The second kappa shape index (κ2) is 5.52. The summed E-state index contributed by atoms with van der Waals surface area (Å²) in [6.07, 6.45) is 2.66. The van der Waals surface area contributed by atoms with Gasteiger partial charge in [0.25, 0.3) is 0 Å². The number of hydrogen-bond donors (Lipinski definition) is 0. The molecule has 0 spiro atoms. The maximum absolute atomic E-state index is 10.7. The van der Waals surface area contributed by atoms with Crippen LogP contribution < -0.4 is 0 Å². The molecular weight excluding hydrogens is 263 g/mol. The molecule has 0 radical (unpaired) electrons. The predicted octanol–water partition coefficient (Wildman–Crippen LogP) is 3.87. The highest BCUT2D eigenvalue weighted by Gasteiger charge is 2.08. The zero-order chi connectivity index (χ0) is 10.6. The van der Waals surface area contributed by atoms with Crippen molar-refractivity contribution in [2.24, 2.45) is 5.92 Å². The number of rotatable bonds is 4. The second-order valence-corrected chi connectivity index (χ2v) is 4.54. The lowest BCUT2D eigenvalue weighted by Gasteiger charge is -2.09. The van der Waals surface area contributed by atoms with Crippen molar-refractivity contribution in [3.8, 4) is 0 Å². The minimum absolute atomic E-state index is 0.104. The van der Waals surface area contributed by atoms with Crippen molar-refractivity contribution in [3.05, 3.63) is 33.3 Å². The van der Waals surface area contributed by atoms with Gasteiger partial charge in [0, 0.05) is 15.4 Å². The fraction of sp³-hybridized carbons (Fsp3) is 0.364. The Morgan fingerprint density at radius 2 is 2.29 bits per heavy atom. The van der Waals surface area contributed by atoms with E-state index in [-0.39, 0.29) is 5.92 Å². The van der Waals surface area contributed by atoms with Crippen LogP contribution in [0.15, 0.2) is 22.7 Å². The van der Waals surface area contributed by atoms with Gasteiger partial charge in [-0.1, -0.05) is 40.5 Å². The minimum Gasteiger partial charge on any atom is -0.303 e. The summed E-state index contributed by atoms with van der Waals surface area (Å²) in [5.74, 6) is 0.104. The maximum Gasteiger partial charge on any atom is 0.123 e. The standard InChI is InChI=1S/C11H12BrClO/c1-2-8(7-14)5-9-3-4-10(13)6-11(9)12/h3-4,6-8H,2,5H2,1H3. The van der Waals surface area contributed by atoms with E-state index in [1.165, 1.54) is 0 Å². The van der Waals surface area contributed by atoms with Gasteiger partial charge in [-0.05, 0) is 30.5 Å². The molecule has 0 fully saturated rings. The van der Waals surface area contributed by atoms with Gasteiger partial charge in [0.05, 0.1) is 0 Å². The molecule has 1 aromatic rings. The van der Waals surface area contributed by atoms with Crippen LogP contribution in [0.1, 0.15) is 18.9 Å². The zero-order valence-electron chi connectivity index (χ0n) is 7.97. The number of halogens is 2. The summed E-state index contributed by atoms with van der Waals surface area (Å²) in [6.45, 7) is 2.02. The number of carbonyl (C=O) groups excluding carboxylic acids is 1. The Bertz CT molecular complexity index is 325. The van der Waals surface area contributed by atoms with Gasteiger partial charge in [0.1, 0.15) is 6.29 Å². The van der Waals surface area contributed by atoms with Gasteiger partial charge in [0.15, 0.2) is 0 Å². The zero-order valence-corrected chi connectivity index (χ0v) is 10.3. The summed E-state index contributed by atoms with van der Waals surface area (Å²) in [5.41, 5.74) is 1.13. The van der Waals surface area contributed by atoms with Crippen molar-refractivity contribution in [3.63, 3.8) is 0 Å². The molecule has 0 saturated carbocycles. The van der Waals surface area contributed by atoms with E-state index < -0.39 is 0 Å². The Morgan fingerprint density at radius 3 is 2.79 bits per heavy atom. The van der Waals surface area contributed by atoms with E-state index in [2.05, 4.69) is 15.9 Å². The predicted molar refractivity (Wildman–Crippen MR) is 62.7 cm³/mol. The third kappa shape index (κ3) is 3.10. The Kier molecular flexibility index (Phi) is 4.63. The number of carbonyl (C=O) groups is 1. The van der Waals surface area contributed by atoms with Gasteiger partial charge in [-0.15, -0.1) is 0 Å². The van der Waals surface area contributed by atoms with E-state index in [0.29, 0.717) is 5.02 Å². The van der Waals surface area contributed by atoms with Crippen molar-refractivity contribution in [2.45, 2.75) is 19.8 Å². The molecule has 1 nitrogen and oxygen atoms in total. The molecule has 1 unspecified atom stereocenters. The molecule has 3 heteroatoms. The van der Waals surface area contributed by atoms with Gasteiger partial charge in [-0.2, -0.15) is 0 Å². The molecule has 1 rings (SSSR count). The van der Waals surface area contributed by atoms with Gasteiger partial charge >= 0.3 is 0 Å². The van der Waals surface area contributed by atoms with Crippen LogP contribution in [0.4, 0.5) is 0 Å². The molecule has 1 aromatic carbocycles. The average molecular weight is 276 g/mol. The van der Waals surface area contributed by atoms with Crippen LogP contribution in [0.2, 0.25) is 5.02 Å². The van der Waals surface area contributed by atoms with Crippen molar-refractivity contribution >= 4 is 33.8 Å². The summed E-state index contributed by atoms with van der Waals surface area (Å²) >= 11 is 9.26. The normalized spacial score (nSPS) is 12.5. The molecule has 0 aliphatic carbocycles. The topological polar surface area (TPSA) is 17.1 Å². The lowest BCUT2D eigenvalue weighted by molar-refractivity contribution is -0.111. The summed E-state index contributed by atoms with van der Waals surface area (Å²) in [7, 11) is 0. The Morgan fingerprint density at radius 1 is 1.57 bits per heavy atom. The minimum atomic E-state index is 0.104. The number of hydrogen-bond acceptors (Lipinski definition) is 1. The van der Waals surface area contributed by atoms with Crippen LogP contribution in [-0.2, 0) is 11.2 Å². The Hall–Kier alpha value is -0.340. The largest absolute Gasteiger partial charge is 0.303 e. The van der Waals surface area contributed by atoms with E-state index in [0.717, 1.165) is 29.2 Å². The van der Waals surface area contributed by atoms with E-state index >= 15 is 0 Å². The van der Waals surface area contributed by atoms with Crippen LogP contribution in [0, 0.1) is 5.92 Å². The molecule has 0 saturated heterocycles. The molecule has 0 heterocycles.